The third-order valence-electron chi connectivity index (χ3n) is 3.31. The normalized spacial score (nSPS) is 11.0. The van der Waals surface area contributed by atoms with Crippen molar-refractivity contribution in [1.82, 2.24) is 5.16 Å². The maximum Gasteiger partial charge on any atom is 0.245 e. The van der Waals surface area contributed by atoms with E-state index < -0.39 is 5.78 Å². The highest BCUT2D eigenvalue weighted by Crippen LogP contribution is 2.22. The molecule has 0 saturated carbocycles. The van der Waals surface area contributed by atoms with Crippen molar-refractivity contribution in [2.24, 2.45) is 5.10 Å². The van der Waals surface area contributed by atoms with Gasteiger partial charge in [-0.2, -0.15) is 10.4 Å². The Kier molecular flexibility index (Phi) is 5.32. The Labute approximate surface area is 158 Å². The molecule has 0 spiro atoms. The number of carbonyl (C=O) groups excluding carboxylic acids is 1. The molecule has 0 atom stereocenters. The van der Waals surface area contributed by atoms with Crippen LogP contribution in [0.25, 0.3) is 11.3 Å². The molecular formula is C18H10Cl2N4O2. The summed E-state index contributed by atoms with van der Waals surface area (Å²) in [5.41, 5.74) is 3.48. The highest BCUT2D eigenvalue weighted by atomic mass is 35.5. The molecule has 1 N–H and O–H groups in total. The van der Waals surface area contributed by atoms with Crippen molar-refractivity contribution in [2.45, 2.75) is 0 Å². The zero-order valence-corrected chi connectivity index (χ0v) is 14.6. The van der Waals surface area contributed by atoms with Gasteiger partial charge in [0.25, 0.3) is 0 Å². The van der Waals surface area contributed by atoms with Crippen LogP contribution >= 0.6 is 23.2 Å². The van der Waals surface area contributed by atoms with Gasteiger partial charge < -0.3 is 4.52 Å². The van der Waals surface area contributed by atoms with Gasteiger partial charge in [-0.3, -0.25) is 10.2 Å². The van der Waals surface area contributed by atoms with Crippen molar-refractivity contribution in [3.8, 4) is 17.4 Å². The third-order valence-corrected chi connectivity index (χ3v) is 3.80. The summed E-state index contributed by atoms with van der Waals surface area (Å²) >= 11 is 11.7. The number of nitriles is 1. The molecule has 0 bridgehead atoms. The molecule has 128 valence electrons. The molecule has 26 heavy (non-hydrogen) atoms. The molecule has 0 amide bonds. The summed E-state index contributed by atoms with van der Waals surface area (Å²) in [6.07, 6.45) is 0. The average Bonchev–Trinajstić information content (AvgIpc) is 3.13. The molecule has 3 aromatic rings. The topological polar surface area (TPSA) is 91.3 Å². The predicted molar refractivity (Wildman–Crippen MR) is 99.4 cm³/mol. The van der Waals surface area contributed by atoms with Crippen LogP contribution < -0.4 is 5.43 Å². The molecule has 0 aliphatic heterocycles. The van der Waals surface area contributed by atoms with Crippen molar-refractivity contribution in [2.75, 3.05) is 5.43 Å². The summed E-state index contributed by atoms with van der Waals surface area (Å²) in [6.45, 7) is 0. The Morgan fingerprint density at radius 2 is 1.88 bits per heavy atom. The van der Waals surface area contributed by atoms with E-state index >= 15 is 0 Å². The second kappa shape index (κ2) is 7.83. The van der Waals surface area contributed by atoms with Gasteiger partial charge in [-0.1, -0.05) is 34.4 Å². The second-order valence-corrected chi connectivity index (χ2v) is 5.98. The highest BCUT2D eigenvalue weighted by molar-refractivity contribution is 6.51. The summed E-state index contributed by atoms with van der Waals surface area (Å²) in [4.78, 5) is 12.4. The maximum atomic E-state index is 12.4. The summed E-state index contributed by atoms with van der Waals surface area (Å²) < 4.78 is 5.17. The number of Topliss-reactive ketones (excluding diaryl/α,β-unsaturated/α-hetero) is 1. The molecule has 0 fully saturated rings. The van der Waals surface area contributed by atoms with Crippen LogP contribution in [0.2, 0.25) is 10.0 Å². The zero-order chi connectivity index (χ0) is 18.5. The minimum atomic E-state index is -0.661. The van der Waals surface area contributed by atoms with E-state index in [9.17, 15) is 10.1 Å². The predicted octanol–water partition coefficient (Wildman–Crippen LogP) is 4.82. The van der Waals surface area contributed by atoms with E-state index in [0.29, 0.717) is 27.1 Å². The molecular weight excluding hydrogens is 375 g/mol. The van der Waals surface area contributed by atoms with E-state index in [1.807, 2.05) is 0 Å². The van der Waals surface area contributed by atoms with Gasteiger partial charge in [0.05, 0.1) is 5.69 Å². The number of aromatic nitrogens is 1. The van der Waals surface area contributed by atoms with Gasteiger partial charge in [-0.05, 0) is 42.5 Å². The highest BCUT2D eigenvalue weighted by Gasteiger charge is 2.19. The van der Waals surface area contributed by atoms with Crippen molar-refractivity contribution in [3.63, 3.8) is 0 Å². The van der Waals surface area contributed by atoms with Crippen LogP contribution in [-0.2, 0) is 0 Å². The van der Waals surface area contributed by atoms with Gasteiger partial charge in [0.2, 0.25) is 11.5 Å². The fraction of sp³-hybridized carbons (Fsp3) is 0. The Balaban J connectivity index is 1.80. The lowest BCUT2D eigenvalue weighted by atomic mass is 10.1. The van der Waals surface area contributed by atoms with E-state index in [1.54, 1.807) is 54.6 Å². The maximum absolute atomic E-state index is 12.4. The molecule has 0 unspecified atom stereocenters. The fourth-order valence-electron chi connectivity index (χ4n) is 2.06. The minimum Gasteiger partial charge on any atom is -0.356 e. The summed E-state index contributed by atoms with van der Waals surface area (Å²) in [5, 5.41) is 17.8. The minimum absolute atomic E-state index is 0.0249. The smallest absolute Gasteiger partial charge is 0.245 e. The van der Waals surface area contributed by atoms with Crippen LogP contribution in [0.3, 0.4) is 0 Å². The number of carbonyl (C=O) groups is 1. The van der Waals surface area contributed by atoms with Crippen LogP contribution in [0.4, 0.5) is 5.69 Å². The number of hydrazone groups is 1. The van der Waals surface area contributed by atoms with E-state index in [2.05, 4.69) is 15.7 Å². The first-order chi connectivity index (χ1) is 12.6. The lowest BCUT2D eigenvalue weighted by Crippen LogP contribution is -2.14. The molecule has 2 aromatic carbocycles. The van der Waals surface area contributed by atoms with Crippen LogP contribution in [0.15, 0.2) is 64.2 Å². The summed E-state index contributed by atoms with van der Waals surface area (Å²) in [7, 11) is 0. The molecule has 1 aromatic heterocycles. The molecule has 8 heteroatoms. The number of hydrogen-bond donors (Lipinski definition) is 1. The first kappa shape index (κ1) is 17.7. The second-order valence-electron chi connectivity index (χ2n) is 5.11. The number of nitrogens with zero attached hydrogens (tertiary/aromatic N) is 3. The molecule has 0 radical (unpaired) electrons. The first-order valence-electron chi connectivity index (χ1n) is 7.33. The summed E-state index contributed by atoms with van der Waals surface area (Å²) in [6, 6.07) is 16.8. The molecule has 0 saturated heterocycles. The van der Waals surface area contributed by atoms with Gasteiger partial charge >= 0.3 is 0 Å². The van der Waals surface area contributed by atoms with E-state index in [0.717, 1.165) is 0 Å². The summed E-state index contributed by atoms with van der Waals surface area (Å²) in [5.74, 6) is -0.281. The first-order valence-corrected chi connectivity index (χ1v) is 8.09. The van der Waals surface area contributed by atoms with Crippen LogP contribution in [-0.4, -0.2) is 16.7 Å². The third kappa shape index (κ3) is 4.09. The van der Waals surface area contributed by atoms with Gasteiger partial charge in [0.15, 0.2) is 11.5 Å². The van der Waals surface area contributed by atoms with Gasteiger partial charge in [-0.25, -0.2) is 0 Å². The largest absolute Gasteiger partial charge is 0.356 e. The number of benzene rings is 2. The Bertz CT molecular complexity index is 1020. The number of hydrogen-bond acceptors (Lipinski definition) is 6. The van der Waals surface area contributed by atoms with Crippen LogP contribution in [0.1, 0.15) is 10.5 Å². The number of halogens is 2. The van der Waals surface area contributed by atoms with Gasteiger partial charge in [0, 0.05) is 21.7 Å². The van der Waals surface area contributed by atoms with E-state index in [-0.39, 0.29) is 11.4 Å². The van der Waals surface area contributed by atoms with Crippen LogP contribution in [0, 0.1) is 11.3 Å². The molecule has 3 rings (SSSR count). The van der Waals surface area contributed by atoms with Crippen molar-refractivity contribution in [1.29, 1.82) is 5.26 Å². The standard InChI is InChI=1S/C18H10Cl2N4O2/c19-12-6-4-11(5-7-12)17-9-15(24-26-17)18(25)16(10-21)23-22-14-3-1-2-13(20)8-14/h1-9,22H/b23-16+. The molecule has 1 heterocycles. The Morgan fingerprint density at radius 3 is 2.58 bits per heavy atom. The fourth-order valence-corrected chi connectivity index (χ4v) is 2.38. The number of ketones is 1. The Morgan fingerprint density at radius 1 is 1.12 bits per heavy atom. The molecule has 6 nitrogen and oxygen atoms in total. The van der Waals surface area contributed by atoms with E-state index in [1.165, 1.54) is 6.07 Å². The number of rotatable bonds is 5. The van der Waals surface area contributed by atoms with Crippen LogP contribution in [0.5, 0.6) is 0 Å². The number of nitrogens with one attached hydrogen (secondary N) is 1. The molecule has 0 aliphatic carbocycles. The van der Waals surface area contributed by atoms with E-state index in [4.69, 9.17) is 27.7 Å². The lowest BCUT2D eigenvalue weighted by Gasteiger charge is -2.00. The Hall–Kier alpha value is -3.14. The van der Waals surface area contributed by atoms with Crippen molar-refractivity contribution >= 4 is 40.4 Å². The SMILES string of the molecule is N#C/C(=N\Nc1cccc(Cl)c1)C(=O)c1cc(-c2ccc(Cl)cc2)on1. The van der Waals surface area contributed by atoms with Gasteiger partial charge in [0.1, 0.15) is 6.07 Å². The van der Waals surface area contributed by atoms with Crippen molar-refractivity contribution in [3.05, 3.63) is 70.3 Å². The lowest BCUT2D eigenvalue weighted by molar-refractivity contribution is 0.105. The average molecular weight is 385 g/mol. The van der Waals surface area contributed by atoms with Crippen molar-refractivity contribution < 1.29 is 9.32 Å². The quantitative estimate of drug-likeness (QED) is 0.386. The zero-order valence-electron chi connectivity index (χ0n) is 13.1. The number of anilines is 1. The monoisotopic (exact) mass is 384 g/mol. The molecule has 0 aliphatic rings. The van der Waals surface area contributed by atoms with Gasteiger partial charge in [-0.15, -0.1) is 0 Å².